The van der Waals surface area contributed by atoms with Crippen LogP contribution in [0.4, 0.5) is 19.2 Å². The van der Waals surface area contributed by atoms with Gasteiger partial charge in [0.25, 0.3) is 0 Å². The van der Waals surface area contributed by atoms with Crippen molar-refractivity contribution in [3.8, 4) is 0 Å². The maximum absolute atomic E-state index is 13.5. The third-order valence-electron chi connectivity index (χ3n) is 3.17. The second-order valence-electron chi connectivity index (χ2n) is 4.66. The number of ether oxygens (including phenoxy) is 1. The van der Waals surface area contributed by atoms with E-state index >= 15 is 0 Å². The van der Waals surface area contributed by atoms with E-state index in [1.165, 1.54) is 0 Å². The molecule has 1 aliphatic heterocycles. The summed E-state index contributed by atoms with van der Waals surface area (Å²) in [5.41, 5.74) is -0.0363. The van der Waals surface area contributed by atoms with Gasteiger partial charge >= 0.3 is 6.01 Å². The van der Waals surface area contributed by atoms with Crippen molar-refractivity contribution in [2.24, 2.45) is 0 Å². The molecule has 1 aliphatic rings. The second-order valence-corrected chi connectivity index (χ2v) is 4.66. The molecule has 0 saturated carbocycles. The molecule has 1 saturated heterocycles. The molecule has 1 atom stereocenters. The molecule has 0 aliphatic carbocycles. The van der Waals surface area contributed by atoms with Crippen molar-refractivity contribution in [2.45, 2.75) is 25.5 Å². The minimum absolute atomic E-state index is 0.0363. The first-order valence-electron chi connectivity index (χ1n) is 6.46. The molecule has 8 heteroatoms. The quantitative estimate of drug-likeness (QED) is 0.880. The Bertz CT molecular complexity index is 642. The maximum Gasteiger partial charge on any atom is 0.315 e. The molecule has 0 amide bonds. The van der Waals surface area contributed by atoms with E-state index in [2.05, 4.69) is 15.5 Å². The Balaban J connectivity index is 1.66. The number of benzene rings is 1. The van der Waals surface area contributed by atoms with Crippen LogP contribution in [0.25, 0.3) is 0 Å². The average Bonchev–Trinajstić information content (AvgIpc) is 3.11. The molecule has 1 aromatic heterocycles. The number of anilines is 1. The fourth-order valence-electron chi connectivity index (χ4n) is 2.08. The Labute approximate surface area is 118 Å². The molecule has 1 N–H and O–H groups in total. The van der Waals surface area contributed by atoms with Gasteiger partial charge in [-0.3, -0.25) is 0 Å². The van der Waals surface area contributed by atoms with Gasteiger partial charge in [0.15, 0.2) is 11.6 Å². The molecule has 0 spiro atoms. The van der Waals surface area contributed by atoms with Crippen molar-refractivity contribution in [1.82, 2.24) is 10.2 Å². The lowest BCUT2D eigenvalue weighted by molar-refractivity contribution is 0.0897. The maximum atomic E-state index is 13.5. The van der Waals surface area contributed by atoms with Crippen LogP contribution in [-0.4, -0.2) is 16.8 Å². The third kappa shape index (κ3) is 2.99. The van der Waals surface area contributed by atoms with Gasteiger partial charge < -0.3 is 14.5 Å². The van der Waals surface area contributed by atoms with Crippen LogP contribution < -0.4 is 5.32 Å². The molecular weight excluding hydrogens is 287 g/mol. The summed E-state index contributed by atoms with van der Waals surface area (Å²) in [5, 5.41) is 10.2. The normalized spacial score (nSPS) is 18.1. The van der Waals surface area contributed by atoms with Crippen molar-refractivity contribution < 1.29 is 22.3 Å². The summed E-state index contributed by atoms with van der Waals surface area (Å²) in [5.74, 6) is -2.84. The lowest BCUT2D eigenvalue weighted by Gasteiger charge is -2.05. The van der Waals surface area contributed by atoms with E-state index in [9.17, 15) is 13.2 Å². The van der Waals surface area contributed by atoms with Crippen LogP contribution in [0.5, 0.6) is 0 Å². The highest BCUT2D eigenvalue weighted by molar-refractivity contribution is 5.26. The van der Waals surface area contributed by atoms with Gasteiger partial charge in [-0.2, -0.15) is 0 Å². The zero-order valence-electron chi connectivity index (χ0n) is 10.9. The van der Waals surface area contributed by atoms with Crippen molar-refractivity contribution >= 4 is 6.01 Å². The van der Waals surface area contributed by atoms with Crippen LogP contribution in [-0.2, 0) is 11.3 Å². The van der Waals surface area contributed by atoms with Gasteiger partial charge in [-0.25, -0.2) is 13.2 Å². The number of hydrogen-bond donors (Lipinski definition) is 1. The van der Waals surface area contributed by atoms with E-state index in [0.29, 0.717) is 18.6 Å². The molecule has 0 bridgehead atoms. The summed E-state index contributed by atoms with van der Waals surface area (Å²) in [7, 11) is 0. The molecule has 1 fully saturated rings. The highest BCUT2D eigenvalue weighted by Gasteiger charge is 2.23. The van der Waals surface area contributed by atoms with Crippen molar-refractivity contribution in [3.05, 3.63) is 41.0 Å². The summed E-state index contributed by atoms with van der Waals surface area (Å²) in [6, 6.07) is 1.36. The summed E-state index contributed by atoms with van der Waals surface area (Å²) in [6.07, 6.45) is 1.52. The van der Waals surface area contributed by atoms with E-state index < -0.39 is 17.5 Å². The number of nitrogens with zero attached hydrogens (tertiary/aromatic N) is 2. The highest BCUT2D eigenvalue weighted by Crippen LogP contribution is 2.28. The summed E-state index contributed by atoms with van der Waals surface area (Å²) < 4.78 is 50.0. The second kappa shape index (κ2) is 5.72. The first-order valence-corrected chi connectivity index (χ1v) is 6.46. The fraction of sp³-hybridized carbons (Fsp3) is 0.385. The van der Waals surface area contributed by atoms with E-state index in [1.807, 2.05) is 0 Å². The van der Waals surface area contributed by atoms with Gasteiger partial charge in [-0.1, -0.05) is 5.10 Å². The topological polar surface area (TPSA) is 60.2 Å². The predicted molar refractivity (Wildman–Crippen MR) is 65.9 cm³/mol. The molecule has 2 heterocycles. The van der Waals surface area contributed by atoms with Crippen molar-refractivity contribution in [1.29, 1.82) is 0 Å². The monoisotopic (exact) mass is 299 g/mol. The summed E-state index contributed by atoms with van der Waals surface area (Å²) in [4.78, 5) is 0. The number of nitrogens with one attached hydrogen (secondary N) is 1. The molecule has 5 nitrogen and oxygen atoms in total. The van der Waals surface area contributed by atoms with Crippen LogP contribution >= 0.6 is 0 Å². The van der Waals surface area contributed by atoms with Crippen molar-refractivity contribution in [3.63, 3.8) is 0 Å². The molecule has 0 radical (unpaired) electrons. The Kier molecular flexibility index (Phi) is 3.78. The van der Waals surface area contributed by atoms with Crippen LogP contribution in [0.3, 0.4) is 0 Å². The van der Waals surface area contributed by atoms with Crippen LogP contribution in [0.1, 0.15) is 30.4 Å². The average molecular weight is 299 g/mol. The molecule has 3 rings (SSSR count). The molecule has 1 aromatic carbocycles. The standard InChI is InChI=1S/C13H12F3N3O2/c14-8-5-10(16)9(15)4-7(8)6-17-13-19-18-12(21-13)11-2-1-3-20-11/h4-5,11H,1-3,6H2,(H,17,19)/t11-/m0/s1. The first kappa shape index (κ1) is 13.9. The largest absolute Gasteiger partial charge is 0.405 e. The Hall–Kier alpha value is -2.09. The van der Waals surface area contributed by atoms with Crippen LogP contribution in [0.2, 0.25) is 0 Å². The number of hydrogen-bond acceptors (Lipinski definition) is 5. The summed E-state index contributed by atoms with van der Waals surface area (Å²) >= 11 is 0. The van der Waals surface area contributed by atoms with Gasteiger partial charge in [0, 0.05) is 24.8 Å². The van der Waals surface area contributed by atoms with E-state index in [0.717, 1.165) is 18.9 Å². The Morgan fingerprint density at radius 2 is 1.95 bits per heavy atom. The molecule has 21 heavy (non-hydrogen) atoms. The number of halogens is 3. The minimum Gasteiger partial charge on any atom is -0.405 e. The molecule has 112 valence electrons. The molecular formula is C13H12F3N3O2. The SMILES string of the molecule is Fc1cc(F)c(CNc2nnc([C@@H]3CCCO3)o2)cc1F. The van der Waals surface area contributed by atoms with Gasteiger partial charge in [0.1, 0.15) is 11.9 Å². The fourth-order valence-corrected chi connectivity index (χ4v) is 2.08. The minimum atomic E-state index is -1.23. The number of aromatic nitrogens is 2. The summed E-state index contributed by atoms with van der Waals surface area (Å²) in [6.45, 7) is 0.548. The molecule has 2 aromatic rings. The predicted octanol–water partition coefficient (Wildman–Crippen LogP) is 2.95. The first-order chi connectivity index (χ1) is 10.1. The van der Waals surface area contributed by atoms with Crippen molar-refractivity contribution in [2.75, 3.05) is 11.9 Å². The Morgan fingerprint density at radius 1 is 1.14 bits per heavy atom. The van der Waals surface area contributed by atoms with Gasteiger partial charge in [0.2, 0.25) is 5.89 Å². The van der Waals surface area contributed by atoms with E-state index in [-0.39, 0.29) is 24.2 Å². The van der Waals surface area contributed by atoms with Gasteiger partial charge in [-0.15, -0.1) is 5.10 Å². The lowest BCUT2D eigenvalue weighted by atomic mass is 10.2. The number of rotatable bonds is 4. The van der Waals surface area contributed by atoms with E-state index in [4.69, 9.17) is 9.15 Å². The smallest absolute Gasteiger partial charge is 0.315 e. The van der Waals surface area contributed by atoms with Gasteiger partial charge in [0.05, 0.1) is 0 Å². The third-order valence-corrected chi connectivity index (χ3v) is 3.17. The van der Waals surface area contributed by atoms with Gasteiger partial charge in [-0.05, 0) is 18.9 Å². The lowest BCUT2D eigenvalue weighted by Crippen LogP contribution is -2.04. The zero-order chi connectivity index (χ0) is 14.8. The highest BCUT2D eigenvalue weighted by atomic mass is 19.2. The molecule has 0 unspecified atom stereocenters. The Morgan fingerprint density at radius 3 is 2.71 bits per heavy atom. The van der Waals surface area contributed by atoms with Crippen LogP contribution in [0.15, 0.2) is 16.5 Å². The zero-order valence-corrected chi connectivity index (χ0v) is 10.9. The van der Waals surface area contributed by atoms with E-state index in [1.54, 1.807) is 0 Å². The van der Waals surface area contributed by atoms with Crippen LogP contribution in [0, 0.1) is 17.5 Å².